The molecule has 0 fully saturated rings. The van der Waals surface area contributed by atoms with Crippen molar-refractivity contribution in [1.82, 2.24) is 15.3 Å². The van der Waals surface area contributed by atoms with Gasteiger partial charge in [-0.05, 0) is 66.2 Å². The zero-order chi connectivity index (χ0) is 27.2. The minimum absolute atomic E-state index is 0.196. The summed E-state index contributed by atoms with van der Waals surface area (Å²) >= 11 is 6.47. The third-order valence-electron chi connectivity index (χ3n) is 5.91. The first-order valence-electron chi connectivity index (χ1n) is 12.2. The summed E-state index contributed by atoms with van der Waals surface area (Å²) < 4.78 is 25.2. The van der Waals surface area contributed by atoms with Gasteiger partial charge in [0.2, 0.25) is 5.91 Å². The van der Waals surface area contributed by atoms with Crippen LogP contribution >= 0.6 is 11.6 Å². The van der Waals surface area contributed by atoms with Crippen LogP contribution in [0.5, 0.6) is 5.75 Å². The van der Waals surface area contributed by atoms with E-state index in [2.05, 4.69) is 20.6 Å². The van der Waals surface area contributed by atoms with E-state index in [4.69, 9.17) is 26.5 Å². The van der Waals surface area contributed by atoms with Crippen molar-refractivity contribution < 1.29 is 18.3 Å². The fourth-order valence-corrected chi connectivity index (χ4v) is 4.22. The molecule has 0 radical (unpaired) electrons. The highest BCUT2D eigenvalue weighted by molar-refractivity contribution is 6.32. The van der Waals surface area contributed by atoms with Crippen molar-refractivity contribution in [3.63, 3.8) is 0 Å². The number of nitrogens with zero attached hydrogens (tertiary/aromatic N) is 2. The zero-order valence-corrected chi connectivity index (χ0v) is 21.5. The van der Waals surface area contributed by atoms with Gasteiger partial charge in [0.15, 0.2) is 0 Å². The number of aromatic nitrogens is 2. The van der Waals surface area contributed by atoms with Gasteiger partial charge in [-0.3, -0.25) is 4.79 Å². The standard InChI is InChI=1S/C29H25ClFN5O3/c30-24-14-21(5-8-27(24)38-16-18-2-1-3-20(31)12-18)36-29-23-13-19(4-7-25(23)34-17-35-29)26-9-6-22(39-26)15-33-11-10-28(32)37/h1-9,12-14,17,33H,10-11,15-16H2,(H2,32,37)(H,34,35,36). The van der Waals surface area contributed by atoms with Gasteiger partial charge in [-0.1, -0.05) is 23.7 Å². The van der Waals surface area contributed by atoms with Crippen LogP contribution in [0, 0.1) is 5.82 Å². The Morgan fingerprint density at radius 3 is 2.77 bits per heavy atom. The summed E-state index contributed by atoms with van der Waals surface area (Å²) in [5, 5.41) is 7.64. The molecule has 0 aliphatic heterocycles. The lowest BCUT2D eigenvalue weighted by atomic mass is 10.1. The van der Waals surface area contributed by atoms with Crippen molar-refractivity contribution in [2.24, 2.45) is 5.73 Å². The number of nitrogens with two attached hydrogens (primary N) is 1. The predicted octanol–water partition coefficient (Wildman–Crippen LogP) is 5.97. The molecule has 4 N–H and O–H groups in total. The fraction of sp³-hybridized carbons (Fsp3) is 0.138. The van der Waals surface area contributed by atoms with Gasteiger partial charge in [-0.2, -0.15) is 0 Å². The van der Waals surface area contributed by atoms with Crippen LogP contribution in [0.4, 0.5) is 15.9 Å². The molecule has 0 spiro atoms. The summed E-state index contributed by atoms with van der Waals surface area (Å²) in [5.41, 5.74) is 8.22. The number of benzene rings is 3. The lowest BCUT2D eigenvalue weighted by molar-refractivity contribution is -0.117. The molecule has 0 aliphatic carbocycles. The Morgan fingerprint density at radius 1 is 1.05 bits per heavy atom. The molecule has 10 heteroatoms. The summed E-state index contributed by atoms with van der Waals surface area (Å²) in [5.74, 6) is 1.86. The van der Waals surface area contributed by atoms with Crippen LogP contribution in [0.25, 0.3) is 22.2 Å². The van der Waals surface area contributed by atoms with E-state index in [1.165, 1.54) is 18.5 Å². The molecule has 0 saturated heterocycles. The van der Waals surface area contributed by atoms with E-state index >= 15 is 0 Å². The maximum absolute atomic E-state index is 13.4. The minimum atomic E-state index is -0.349. The molecule has 0 unspecified atom stereocenters. The van der Waals surface area contributed by atoms with E-state index in [9.17, 15) is 9.18 Å². The van der Waals surface area contributed by atoms with E-state index in [1.807, 2.05) is 36.4 Å². The lowest BCUT2D eigenvalue weighted by Gasteiger charge is -2.12. The number of nitrogens with one attached hydrogen (secondary N) is 2. The molecule has 2 heterocycles. The van der Waals surface area contributed by atoms with Crippen molar-refractivity contribution in [1.29, 1.82) is 0 Å². The number of primary amides is 1. The van der Waals surface area contributed by atoms with Gasteiger partial charge in [-0.25, -0.2) is 14.4 Å². The summed E-state index contributed by atoms with van der Waals surface area (Å²) in [4.78, 5) is 19.7. The first-order valence-corrected chi connectivity index (χ1v) is 12.6. The normalized spacial score (nSPS) is 11.0. The fourth-order valence-electron chi connectivity index (χ4n) is 3.98. The van der Waals surface area contributed by atoms with Gasteiger partial charge >= 0.3 is 0 Å². The van der Waals surface area contributed by atoms with Crippen LogP contribution in [-0.2, 0) is 17.9 Å². The highest BCUT2D eigenvalue weighted by atomic mass is 35.5. The molecule has 0 bridgehead atoms. The number of ether oxygens (including phenoxy) is 1. The number of hydrogen-bond donors (Lipinski definition) is 3. The Bertz CT molecular complexity index is 1620. The minimum Gasteiger partial charge on any atom is -0.487 e. The van der Waals surface area contributed by atoms with Crippen molar-refractivity contribution >= 4 is 39.9 Å². The number of carbonyl (C=O) groups is 1. The highest BCUT2D eigenvalue weighted by Gasteiger charge is 2.11. The number of furan rings is 1. The molecule has 5 rings (SSSR count). The van der Waals surface area contributed by atoms with Gasteiger partial charge < -0.3 is 25.5 Å². The Kier molecular flexibility index (Phi) is 8.00. The number of anilines is 2. The van der Waals surface area contributed by atoms with E-state index in [-0.39, 0.29) is 24.8 Å². The molecule has 2 aromatic heterocycles. The first kappa shape index (κ1) is 26.1. The maximum Gasteiger partial charge on any atom is 0.218 e. The van der Waals surface area contributed by atoms with E-state index in [0.29, 0.717) is 46.7 Å². The van der Waals surface area contributed by atoms with Gasteiger partial charge in [0.05, 0.1) is 17.1 Å². The third-order valence-corrected chi connectivity index (χ3v) is 6.20. The van der Waals surface area contributed by atoms with Crippen molar-refractivity contribution in [2.75, 3.05) is 11.9 Å². The number of amides is 1. The largest absolute Gasteiger partial charge is 0.487 e. The molecule has 3 aromatic carbocycles. The van der Waals surface area contributed by atoms with Crippen molar-refractivity contribution in [3.05, 3.63) is 101 Å². The molecule has 0 saturated carbocycles. The lowest BCUT2D eigenvalue weighted by Crippen LogP contribution is -2.21. The molecular formula is C29H25ClFN5O3. The first-order chi connectivity index (χ1) is 18.9. The van der Waals surface area contributed by atoms with Crippen LogP contribution in [-0.4, -0.2) is 22.4 Å². The number of halogens is 2. The molecular weight excluding hydrogens is 521 g/mol. The number of hydrogen-bond acceptors (Lipinski definition) is 7. The van der Waals surface area contributed by atoms with E-state index in [1.54, 1.807) is 24.3 Å². The van der Waals surface area contributed by atoms with Crippen LogP contribution in [0.3, 0.4) is 0 Å². The molecule has 0 atom stereocenters. The highest BCUT2D eigenvalue weighted by Crippen LogP contribution is 2.32. The molecule has 1 amide bonds. The number of rotatable bonds is 11. The Hall–Kier alpha value is -4.47. The second-order valence-corrected chi connectivity index (χ2v) is 9.21. The number of fused-ring (bicyclic) bond motifs is 1. The summed E-state index contributed by atoms with van der Waals surface area (Å²) in [6.07, 6.45) is 1.76. The van der Waals surface area contributed by atoms with Crippen molar-refractivity contribution in [2.45, 2.75) is 19.6 Å². The molecule has 0 aliphatic rings. The number of carbonyl (C=O) groups excluding carboxylic acids is 1. The average Bonchev–Trinajstić information content (AvgIpc) is 3.40. The third kappa shape index (κ3) is 6.70. The zero-order valence-electron chi connectivity index (χ0n) is 20.8. The molecule has 8 nitrogen and oxygen atoms in total. The van der Waals surface area contributed by atoms with E-state index in [0.717, 1.165) is 22.2 Å². The summed E-state index contributed by atoms with van der Waals surface area (Å²) in [6.45, 7) is 1.17. The second-order valence-electron chi connectivity index (χ2n) is 8.80. The van der Waals surface area contributed by atoms with Gasteiger partial charge in [-0.15, -0.1) is 0 Å². The Labute approximate surface area is 229 Å². The van der Waals surface area contributed by atoms with Crippen LogP contribution in [0.15, 0.2) is 83.5 Å². The topological polar surface area (TPSA) is 115 Å². The maximum atomic E-state index is 13.4. The van der Waals surface area contributed by atoms with E-state index < -0.39 is 0 Å². The van der Waals surface area contributed by atoms with Gasteiger partial charge in [0, 0.05) is 29.6 Å². The molecule has 39 heavy (non-hydrogen) atoms. The second kappa shape index (κ2) is 11.9. The molecule has 198 valence electrons. The quantitative estimate of drug-likeness (QED) is 0.175. The SMILES string of the molecule is NC(=O)CCNCc1ccc(-c2ccc3ncnc(Nc4ccc(OCc5cccc(F)c5)c(Cl)c4)c3c2)o1. The average molecular weight is 546 g/mol. The van der Waals surface area contributed by atoms with Crippen LogP contribution in [0.2, 0.25) is 5.02 Å². The summed E-state index contributed by atoms with van der Waals surface area (Å²) in [6, 6.07) is 21.1. The van der Waals surface area contributed by atoms with Crippen LogP contribution < -0.4 is 21.1 Å². The van der Waals surface area contributed by atoms with Gasteiger partial charge in [0.25, 0.3) is 0 Å². The molecule has 5 aromatic rings. The predicted molar refractivity (Wildman–Crippen MR) is 148 cm³/mol. The smallest absolute Gasteiger partial charge is 0.218 e. The summed E-state index contributed by atoms with van der Waals surface area (Å²) in [7, 11) is 0. The van der Waals surface area contributed by atoms with Crippen molar-refractivity contribution in [3.8, 4) is 17.1 Å². The Morgan fingerprint density at radius 2 is 1.95 bits per heavy atom. The monoisotopic (exact) mass is 545 g/mol. The Balaban J connectivity index is 1.30. The van der Waals surface area contributed by atoms with Crippen LogP contribution in [0.1, 0.15) is 17.7 Å². The van der Waals surface area contributed by atoms with Gasteiger partial charge in [0.1, 0.15) is 41.8 Å².